The van der Waals surface area contributed by atoms with E-state index >= 15 is 0 Å². The van der Waals surface area contributed by atoms with Gasteiger partial charge in [0.25, 0.3) is 5.91 Å². The zero-order valence-corrected chi connectivity index (χ0v) is 16.9. The summed E-state index contributed by atoms with van der Waals surface area (Å²) in [5.74, 6) is -0.408. The van der Waals surface area contributed by atoms with E-state index in [9.17, 15) is 14.4 Å². The third kappa shape index (κ3) is 3.91. The normalized spacial score (nSPS) is 16.4. The molecule has 0 aliphatic carbocycles. The minimum absolute atomic E-state index is 0.318. The number of para-hydroxylation sites is 1. The van der Waals surface area contributed by atoms with Crippen molar-refractivity contribution in [3.63, 3.8) is 0 Å². The first kappa shape index (κ1) is 19.7. The number of nitrogens with zero attached hydrogens (tertiary/aromatic N) is 1. The van der Waals surface area contributed by atoms with Crippen LogP contribution in [0.2, 0.25) is 0 Å². The van der Waals surface area contributed by atoms with Gasteiger partial charge in [-0.3, -0.25) is 14.5 Å². The SMILES string of the molecule is CC(C)c1ccc(NC(=O)CN2C(=O)N[C@H](Cc3c[nH]c4ccccc34)C2=O)cc1. The van der Waals surface area contributed by atoms with Crippen LogP contribution in [0.3, 0.4) is 0 Å². The number of nitrogens with one attached hydrogen (secondary N) is 3. The standard InChI is InChI=1S/C23H24N4O3/c1-14(2)15-7-9-17(10-8-15)25-21(28)13-27-22(29)20(26-23(27)30)11-16-12-24-19-6-4-3-5-18(16)19/h3-10,12,14,20,24H,11,13H2,1-2H3,(H,25,28)(H,26,30)/t20-/m1/s1. The molecule has 0 unspecified atom stereocenters. The van der Waals surface area contributed by atoms with Crippen molar-refractivity contribution in [2.45, 2.75) is 32.2 Å². The summed E-state index contributed by atoms with van der Waals surface area (Å²) in [4.78, 5) is 41.6. The Morgan fingerprint density at radius 3 is 2.57 bits per heavy atom. The molecule has 4 amide bonds. The summed E-state index contributed by atoms with van der Waals surface area (Å²) in [5, 5.41) is 6.45. The molecule has 4 rings (SSSR count). The first-order valence-corrected chi connectivity index (χ1v) is 9.99. The summed E-state index contributed by atoms with van der Waals surface area (Å²) in [6.07, 6.45) is 2.21. The van der Waals surface area contributed by atoms with Crippen LogP contribution in [0.15, 0.2) is 54.7 Å². The zero-order valence-electron chi connectivity index (χ0n) is 16.9. The number of anilines is 1. The molecule has 3 N–H and O–H groups in total. The zero-order chi connectivity index (χ0) is 21.3. The molecule has 1 atom stereocenters. The molecular formula is C23H24N4O3. The van der Waals surface area contributed by atoms with E-state index in [1.165, 1.54) is 5.56 Å². The molecule has 1 saturated heterocycles. The van der Waals surface area contributed by atoms with Crippen LogP contribution in [0, 0.1) is 0 Å². The highest BCUT2D eigenvalue weighted by atomic mass is 16.2. The van der Waals surface area contributed by atoms with Crippen molar-refractivity contribution in [1.82, 2.24) is 15.2 Å². The van der Waals surface area contributed by atoms with E-state index < -0.39 is 23.9 Å². The van der Waals surface area contributed by atoms with Gasteiger partial charge >= 0.3 is 6.03 Å². The summed E-state index contributed by atoms with van der Waals surface area (Å²) in [5.41, 5.74) is 3.72. The number of benzene rings is 2. The van der Waals surface area contributed by atoms with Crippen molar-refractivity contribution in [1.29, 1.82) is 0 Å². The number of H-pyrrole nitrogens is 1. The number of rotatable bonds is 6. The van der Waals surface area contributed by atoms with Gasteiger partial charge in [0.1, 0.15) is 12.6 Å². The average molecular weight is 404 g/mol. The molecule has 0 spiro atoms. The lowest BCUT2D eigenvalue weighted by molar-refractivity contribution is -0.130. The van der Waals surface area contributed by atoms with Crippen molar-refractivity contribution in [3.8, 4) is 0 Å². The lowest BCUT2D eigenvalue weighted by Crippen LogP contribution is -2.38. The fraction of sp³-hybridized carbons (Fsp3) is 0.261. The maximum absolute atomic E-state index is 12.7. The van der Waals surface area contributed by atoms with Crippen LogP contribution in [-0.2, 0) is 16.0 Å². The Kier molecular flexibility index (Phi) is 5.27. The largest absolute Gasteiger partial charge is 0.361 e. The molecule has 0 saturated carbocycles. The number of urea groups is 1. The predicted octanol–water partition coefficient (Wildman–Crippen LogP) is 3.39. The highest BCUT2D eigenvalue weighted by Crippen LogP contribution is 2.21. The summed E-state index contributed by atoms with van der Waals surface area (Å²) >= 11 is 0. The molecule has 1 aliphatic heterocycles. The minimum atomic E-state index is -0.685. The Morgan fingerprint density at radius 2 is 1.83 bits per heavy atom. The number of aromatic amines is 1. The number of aromatic nitrogens is 1. The monoisotopic (exact) mass is 404 g/mol. The van der Waals surface area contributed by atoms with Crippen LogP contribution in [0.25, 0.3) is 10.9 Å². The lowest BCUT2D eigenvalue weighted by Gasteiger charge is -2.13. The van der Waals surface area contributed by atoms with Gasteiger partial charge < -0.3 is 15.6 Å². The number of carbonyl (C=O) groups is 3. The summed E-state index contributed by atoms with van der Waals surface area (Å²) in [7, 11) is 0. The predicted molar refractivity (Wildman–Crippen MR) is 115 cm³/mol. The number of imide groups is 1. The van der Waals surface area contributed by atoms with E-state index in [-0.39, 0.29) is 6.54 Å². The van der Waals surface area contributed by atoms with Crippen molar-refractivity contribution < 1.29 is 14.4 Å². The van der Waals surface area contributed by atoms with Crippen LogP contribution in [0.4, 0.5) is 10.5 Å². The third-order valence-corrected chi connectivity index (χ3v) is 5.37. The molecule has 2 aromatic carbocycles. The molecule has 154 valence electrons. The maximum atomic E-state index is 12.7. The number of fused-ring (bicyclic) bond motifs is 1. The fourth-order valence-corrected chi connectivity index (χ4v) is 3.68. The molecule has 30 heavy (non-hydrogen) atoms. The maximum Gasteiger partial charge on any atom is 0.325 e. The van der Waals surface area contributed by atoms with Gasteiger partial charge in [0, 0.05) is 29.2 Å². The van der Waals surface area contributed by atoms with Crippen molar-refractivity contribution >= 4 is 34.4 Å². The van der Waals surface area contributed by atoms with E-state index in [4.69, 9.17) is 0 Å². The van der Waals surface area contributed by atoms with Crippen LogP contribution in [0.1, 0.15) is 30.9 Å². The van der Waals surface area contributed by atoms with Crippen LogP contribution in [-0.4, -0.2) is 40.3 Å². The second-order valence-corrected chi connectivity index (χ2v) is 7.81. The van der Waals surface area contributed by atoms with Crippen molar-refractivity contribution in [2.75, 3.05) is 11.9 Å². The Bertz CT molecular complexity index is 1100. The summed E-state index contributed by atoms with van der Waals surface area (Å²) < 4.78 is 0. The molecule has 7 nitrogen and oxygen atoms in total. The van der Waals surface area contributed by atoms with Crippen LogP contribution >= 0.6 is 0 Å². The molecule has 0 radical (unpaired) electrons. The number of carbonyl (C=O) groups excluding carboxylic acids is 3. The average Bonchev–Trinajstić information content (AvgIpc) is 3.25. The molecular weight excluding hydrogens is 380 g/mol. The third-order valence-electron chi connectivity index (χ3n) is 5.37. The van der Waals surface area contributed by atoms with Gasteiger partial charge in [-0.1, -0.05) is 44.2 Å². The van der Waals surface area contributed by atoms with Crippen LogP contribution in [0.5, 0.6) is 0 Å². The lowest BCUT2D eigenvalue weighted by atomic mass is 10.0. The Balaban J connectivity index is 1.39. The number of hydrogen-bond donors (Lipinski definition) is 3. The molecule has 7 heteroatoms. The smallest absolute Gasteiger partial charge is 0.325 e. The Labute approximate surface area is 174 Å². The second-order valence-electron chi connectivity index (χ2n) is 7.81. The minimum Gasteiger partial charge on any atom is -0.361 e. The number of hydrogen-bond acceptors (Lipinski definition) is 3. The van der Waals surface area contributed by atoms with Crippen molar-refractivity contribution in [2.24, 2.45) is 0 Å². The van der Waals surface area contributed by atoms with Crippen LogP contribution < -0.4 is 10.6 Å². The van der Waals surface area contributed by atoms with Gasteiger partial charge in [0.15, 0.2) is 0 Å². The van der Waals surface area contributed by atoms with Crippen molar-refractivity contribution in [3.05, 3.63) is 65.9 Å². The van der Waals surface area contributed by atoms with Gasteiger partial charge in [0.05, 0.1) is 0 Å². The molecule has 0 bridgehead atoms. The van der Waals surface area contributed by atoms with Gasteiger partial charge in [-0.2, -0.15) is 0 Å². The Morgan fingerprint density at radius 1 is 1.10 bits per heavy atom. The molecule has 1 aromatic heterocycles. The van der Waals surface area contributed by atoms with Gasteiger partial charge in [-0.25, -0.2) is 4.79 Å². The molecule has 1 aliphatic rings. The first-order valence-electron chi connectivity index (χ1n) is 9.99. The van der Waals surface area contributed by atoms with E-state index in [0.717, 1.165) is 21.4 Å². The Hall–Kier alpha value is -3.61. The summed E-state index contributed by atoms with van der Waals surface area (Å²) in [6.45, 7) is 3.87. The van der Waals surface area contributed by atoms with Gasteiger partial charge in [-0.15, -0.1) is 0 Å². The molecule has 2 heterocycles. The summed E-state index contributed by atoms with van der Waals surface area (Å²) in [6, 6.07) is 14.1. The molecule has 1 fully saturated rings. The number of amides is 4. The second kappa shape index (κ2) is 8.02. The van der Waals surface area contributed by atoms with E-state index in [0.29, 0.717) is 18.0 Å². The highest BCUT2D eigenvalue weighted by Gasteiger charge is 2.39. The van der Waals surface area contributed by atoms with Gasteiger partial charge in [-0.05, 0) is 35.2 Å². The van der Waals surface area contributed by atoms with E-state index in [2.05, 4.69) is 29.5 Å². The highest BCUT2D eigenvalue weighted by molar-refractivity contribution is 6.08. The molecule has 3 aromatic rings. The van der Waals surface area contributed by atoms with E-state index in [1.807, 2.05) is 54.7 Å². The first-order chi connectivity index (χ1) is 14.4. The fourth-order valence-electron chi connectivity index (χ4n) is 3.68. The quantitative estimate of drug-likeness (QED) is 0.550. The van der Waals surface area contributed by atoms with E-state index in [1.54, 1.807) is 0 Å². The van der Waals surface area contributed by atoms with Gasteiger partial charge in [0.2, 0.25) is 5.91 Å². The topological polar surface area (TPSA) is 94.3 Å².